The van der Waals surface area contributed by atoms with Crippen molar-refractivity contribution in [2.75, 3.05) is 0 Å². The fraction of sp³-hybridized carbons (Fsp3) is 0.353. The summed E-state index contributed by atoms with van der Waals surface area (Å²) in [5.74, 6) is 0. The van der Waals surface area contributed by atoms with Crippen molar-refractivity contribution in [3.63, 3.8) is 0 Å². The highest BCUT2D eigenvalue weighted by atomic mass is 14.7. The van der Waals surface area contributed by atoms with E-state index in [2.05, 4.69) is 24.0 Å². The van der Waals surface area contributed by atoms with E-state index in [9.17, 15) is 0 Å². The van der Waals surface area contributed by atoms with Gasteiger partial charge in [0.2, 0.25) is 0 Å². The minimum atomic E-state index is -1.40. The summed E-state index contributed by atoms with van der Waals surface area (Å²) in [6.07, 6.45) is 0.256. The Morgan fingerprint density at radius 1 is 1.06 bits per heavy atom. The van der Waals surface area contributed by atoms with Gasteiger partial charge in [-0.25, -0.2) is 0 Å². The first-order valence-electron chi connectivity index (χ1n) is 7.25. The van der Waals surface area contributed by atoms with Crippen LogP contribution in [0.15, 0.2) is 42.6 Å². The number of aromatic nitrogens is 1. The van der Waals surface area contributed by atoms with Gasteiger partial charge in [-0.05, 0) is 30.3 Å². The molecule has 0 bridgehead atoms. The molecule has 2 rings (SSSR count). The zero-order valence-corrected chi connectivity index (χ0v) is 11.5. The maximum absolute atomic E-state index is 8.25. The molecule has 1 heterocycles. The summed E-state index contributed by atoms with van der Waals surface area (Å²) in [4.78, 5) is 4.42. The van der Waals surface area contributed by atoms with Crippen LogP contribution in [-0.4, -0.2) is 4.98 Å². The van der Waals surface area contributed by atoms with Crippen LogP contribution < -0.4 is 0 Å². The second kappa shape index (κ2) is 4.93. The zero-order chi connectivity index (χ0) is 15.0. The predicted octanol–water partition coefficient (Wildman–Crippen LogP) is 4.65. The van der Waals surface area contributed by atoms with Crippen molar-refractivity contribution in [1.29, 1.82) is 0 Å². The third kappa shape index (κ3) is 3.43. The van der Waals surface area contributed by atoms with Gasteiger partial charge in [-0.15, -0.1) is 0 Å². The van der Waals surface area contributed by atoms with Gasteiger partial charge in [0.05, 0.1) is 5.69 Å². The van der Waals surface area contributed by atoms with Crippen molar-refractivity contribution >= 4 is 0 Å². The molecule has 0 unspecified atom stereocenters. The van der Waals surface area contributed by atoms with Crippen LogP contribution in [0.5, 0.6) is 0 Å². The average Bonchev–Trinajstić information content (AvgIpc) is 2.38. The number of benzene rings is 1. The molecule has 0 aliphatic carbocycles. The molecule has 1 heteroatoms. The first-order valence-corrected chi connectivity index (χ1v) is 6.25. The molecule has 0 aliphatic rings. The maximum Gasteiger partial charge on any atom is 0.0702 e. The summed E-state index contributed by atoms with van der Waals surface area (Å²) in [6, 6.07) is 11.9. The molecule has 0 atom stereocenters. The molecule has 0 saturated heterocycles. The van der Waals surface area contributed by atoms with Crippen LogP contribution in [0.1, 0.15) is 34.6 Å². The minimum absolute atomic E-state index is 0.458. The van der Waals surface area contributed by atoms with Crippen molar-refractivity contribution in [2.45, 2.75) is 34.1 Å². The molecule has 0 saturated carbocycles. The van der Waals surface area contributed by atoms with Crippen molar-refractivity contribution in [1.82, 2.24) is 4.98 Å². The van der Waals surface area contributed by atoms with Gasteiger partial charge in [0.1, 0.15) is 0 Å². The van der Waals surface area contributed by atoms with Crippen molar-refractivity contribution < 1.29 is 2.74 Å². The molecular formula is C17H21N. The zero-order valence-electron chi connectivity index (χ0n) is 13.5. The monoisotopic (exact) mass is 241 g/mol. The Hall–Kier alpha value is -1.63. The average molecular weight is 241 g/mol. The molecule has 0 spiro atoms. The van der Waals surface area contributed by atoms with E-state index in [1.165, 1.54) is 5.56 Å². The maximum atomic E-state index is 8.25. The molecule has 0 amide bonds. The van der Waals surface area contributed by atoms with Crippen LogP contribution in [0.4, 0.5) is 0 Å². The summed E-state index contributed by atoms with van der Waals surface area (Å²) < 4.78 is 16.5. The summed E-state index contributed by atoms with van der Waals surface area (Å²) >= 11 is 0. The Morgan fingerprint density at radius 3 is 2.22 bits per heavy atom. The number of hydrogen-bond donors (Lipinski definition) is 0. The van der Waals surface area contributed by atoms with Crippen LogP contribution in [0.25, 0.3) is 11.3 Å². The fourth-order valence-electron chi connectivity index (χ4n) is 1.80. The van der Waals surface area contributed by atoms with E-state index >= 15 is 0 Å². The molecule has 94 valence electrons. The Morgan fingerprint density at radius 2 is 1.72 bits per heavy atom. The highest BCUT2D eigenvalue weighted by Crippen LogP contribution is 2.22. The number of nitrogens with zero attached hydrogens (tertiary/aromatic N) is 1. The van der Waals surface area contributed by atoms with E-state index < -0.39 is 11.8 Å². The van der Waals surface area contributed by atoms with Gasteiger partial charge in [-0.2, -0.15) is 0 Å². The molecule has 1 aromatic carbocycles. The third-order valence-electron chi connectivity index (χ3n) is 2.63. The lowest BCUT2D eigenvalue weighted by molar-refractivity contribution is 0.411. The molecule has 0 radical (unpaired) electrons. The van der Waals surface area contributed by atoms with E-state index in [4.69, 9.17) is 2.74 Å². The number of rotatable bonds is 2. The molecule has 0 fully saturated rings. The van der Waals surface area contributed by atoms with Crippen LogP contribution in [0.2, 0.25) is 0 Å². The first-order chi connectivity index (χ1) is 9.22. The number of aryl methyl sites for hydroxylation is 1. The molecule has 1 aromatic heterocycles. The Labute approximate surface area is 113 Å². The van der Waals surface area contributed by atoms with E-state index in [0.717, 1.165) is 11.3 Å². The lowest BCUT2D eigenvalue weighted by Gasteiger charge is -2.17. The fourth-order valence-corrected chi connectivity index (χ4v) is 1.80. The lowest BCUT2D eigenvalue weighted by Crippen LogP contribution is -2.09. The van der Waals surface area contributed by atoms with Gasteiger partial charge < -0.3 is 0 Å². The number of hydrogen-bond acceptors (Lipinski definition) is 1. The normalized spacial score (nSPS) is 14.0. The molecule has 18 heavy (non-hydrogen) atoms. The van der Waals surface area contributed by atoms with Gasteiger partial charge in [0, 0.05) is 14.5 Å². The van der Waals surface area contributed by atoms with Crippen molar-refractivity contribution in [3.8, 4) is 11.3 Å². The molecule has 2 aromatic rings. The van der Waals surface area contributed by atoms with Gasteiger partial charge in [0.25, 0.3) is 0 Å². The van der Waals surface area contributed by atoms with Gasteiger partial charge in [0.15, 0.2) is 0 Å². The highest BCUT2D eigenvalue weighted by molar-refractivity contribution is 5.59. The quantitative estimate of drug-likeness (QED) is 0.746. The van der Waals surface area contributed by atoms with E-state index in [0.29, 0.717) is 5.56 Å². The molecule has 0 aliphatic heterocycles. The SMILES string of the molecule is [2H]C([2H])(c1ccc(-c2ccc(C)cc2)nc1)C(C)(C)C. The summed E-state index contributed by atoms with van der Waals surface area (Å²) in [5, 5.41) is 0. The van der Waals surface area contributed by atoms with Crippen LogP contribution >= 0.6 is 0 Å². The predicted molar refractivity (Wildman–Crippen MR) is 77.6 cm³/mol. The Bertz CT molecular complexity index is 578. The van der Waals surface area contributed by atoms with Gasteiger partial charge >= 0.3 is 0 Å². The molecule has 1 nitrogen and oxygen atoms in total. The minimum Gasteiger partial charge on any atom is -0.256 e. The summed E-state index contributed by atoms with van der Waals surface area (Å²) in [7, 11) is 0. The van der Waals surface area contributed by atoms with Crippen molar-refractivity contribution in [3.05, 3.63) is 53.7 Å². The van der Waals surface area contributed by atoms with Gasteiger partial charge in [-0.1, -0.05) is 56.7 Å². The largest absolute Gasteiger partial charge is 0.256 e. The van der Waals surface area contributed by atoms with Crippen molar-refractivity contribution in [2.24, 2.45) is 5.41 Å². The number of pyridine rings is 1. The van der Waals surface area contributed by atoms with E-state index in [1.807, 2.05) is 45.0 Å². The first kappa shape index (κ1) is 10.3. The molecule has 0 N–H and O–H groups in total. The Kier molecular flexibility index (Phi) is 2.82. The Balaban J connectivity index is 2.33. The summed E-state index contributed by atoms with van der Waals surface area (Å²) in [5.41, 5.74) is 3.31. The standard InChI is InChI=1S/C17H21N/c1-13-5-8-15(9-6-13)16-10-7-14(12-18-16)11-17(2,3)4/h5-10,12H,11H2,1-4H3/i11D2. The van der Waals surface area contributed by atoms with Crippen LogP contribution in [0.3, 0.4) is 0 Å². The van der Waals surface area contributed by atoms with E-state index in [-0.39, 0.29) is 0 Å². The van der Waals surface area contributed by atoms with Gasteiger partial charge in [-0.3, -0.25) is 4.98 Å². The highest BCUT2D eigenvalue weighted by Gasteiger charge is 2.11. The lowest BCUT2D eigenvalue weighted by atomic mass is 9.89. The van der Waals surface area contributed by atoms with Crippen LogP contribution in [0, 0.1) is 12.3 Å². The smallest absolute Gasteiger partial charge is 0.0702 e. The topological polar surface area (TPSA) is 12.9 Å². The second-order valence-electron chi connectivity index (χ2n) is 5.67. The van der Waals surface area contributed by atoms with E-state index in [1.54, 1.807) is 6.20 Å². The van der Waals surface area contributed by atoms with Crippen LogP contribution in [-0.2, 0) is 6.37 Å². The molecular weight excluding hydrogens is 218 g/mol. The summed E-state index contributed by atoms with van der Waals surface area (Å²) in [6.45, 7) is 7.76. The second-order valence-corrected chi connectivity index (χ2v) is 5.67. The third-order valence-corrected chi connectivity index (χ3v) is 2.63.